The van der Waals surface area contributed by atoms with E-state index in [0.29, 0.717) is 10.6 Å². The molecular formula is C19H20ClNO4S. The zero-order valence-corrected chi connectivity index (χ0v) is 15.8. The third kappa shape index (κ3) is 2.82. The summed E-state index contributed by atoms with van der Waals surface area (Å²) in [6, 6.07) is 13.1. The van der Waals surface area contributed by atoms with Gasteiger partial charge in [-0.25, -0.2) is 8.42 Å². The van der Waals surface area contributed by atoms with Crippen LogP contribution < -0.4 is 5.73 Å². The molecule has 0 spiro atoms. The topological polar surface area (TPSA) is 97.5 Å². The fourth-order valence-corrected chi connectivity index (χ4v) is 6.16. The van der Waals surface area contributed by atoms with Crippen LogP contribution in [0.1, 0.15) is 24.0 Å². The van der Waals surface area contributed by atoms with E-state index in [-0.39, 0.29) is 11.4 Å². The molecule has 5 nitrogen and oxygen atoms in total. The SMILES string of the molecule is CCc1ccc([C@@H]2[C@H](S(=O)(=O)c3ccc(Cl)cc3)[C@]2(CN)C(=O)O)cc1. The highest BCUT2D eigenvalue weighted by molar-refractivity contribution is 7.92. The van der Waals surface area contributed by atoms with E-state index in [1.54, 1.807) is 12.1 Å². The molecule has 3 N–H and O–H groups in total. The zero-order chi connectivity index (χ0) is 19.1. The fraction of sp³-hybridized carbons (Fsp3) is 0.316. The summed E-state index contributed by atoms with van der Waals surface area (Å²) < 4.78 is 26.3. The molecule has 0 unspecified atom stereocenters. The highest BCUT2D eigenvalue weighted by Gasteiger charge is 2.75. The lowest BCUT2D eigenvalue weighted by Crippen LogP contribution is -2.31. The summed E-state index contributed by atoms with van der Waals surface area (Å²) in [4.78, 5) is 12.1. The van der Waals surface area contributed by atoms with Crippen LogP contribution in [0.5, 0.6) is 0 Å². The van der Waals surface area contributed by atoms with Crippen molar-refractivity contribution in [3.05, 3.63) is 64.7 Å². The first-order chi connectivity index (χ1) is 12.3. The van der Waals surface area contributed by atoms with Gasteiger partial charge in [-0.2, -0.15) is 0 Å². The molecule has 0 aliphatic heterocycles. The van der Waals surface area contributed by atoms with Crippen LogP contribution >= 0.6 is 11.6 Å². The second kappa shape index (κ2) is 6.68. The second-order valence-electron chi connectivity index (χ2n) is 6.54. The van der Waals surface area contributed by atoms with Crippen LogP contribution in [0.2, 0.25) is 5.02 Å². The molecule has 2 aromatic rings. The maximum atomic E-state index is 13.1. The average Bonchev–Trinajstić information content (AvgIpc) is 3.34. The Hall–Kier alpha value is -1.89. The third-order valence-corrected chi connectivity index (χ3v) is 7.76. The van der Waals surface area contributed by atoms with Crippen molar-refractivity contribution in [2.75, 3.05) is 6.54 Å². The number of carboxylic acid groups (broad SMARTS) is 1. The number of aliphatic carboxylic acids is 1. The van der Waals surface area contributed by atoms with Gasteiger partial charge in [-0.05, 0) is 41.8 Å². The average molecular weight is 394 g/mol. The molecule has 2 aromatic carbocycles. The molecule has 1 saturated carbocycles. The third-order valence-electron chi connectivity index (χ3n) is 5.22. The lowest BCUT2D eigenvalue weighted by atomic mass is 9.98. The maximum Gasteiger partial charge on any atom is 0.312 e. The van der Waals surface area contributed by atoms with Gasteiger partial charge >= 0.3 is 5.97 Å². The number of carbonyl (C=O) groups is 1. The van der Waals surface area contributed by atoms with Gasteiger partial charge in [-0.1, -0.05) is 42.8 Å². The van der Waals surface area contributed by atoms with Gasteiger partial charge < -0.3 is 10.8 Å². The number of halogens is 1. The molecule has 0 amide bonds. The molecule has 7 heteroatoms. The van der Waals surface area contributed by atoms with Crippen LogP contribution in [0.15, 0.2) is 53.4 Å². The second-order valence-corrected chi connectivity index (χ2v) is 9.05. The van der Waals surface area contributed by atoms with E-state index in [1.165, 1.54) is 24.3 Å². The minimum absolute atomic E-state index is 0.0543. The van der Waals surface area contributed by atoms with Gasteiger partial charge in [0.1, 0.15) is 5.41 Å². The van der Waals surface area contributed by atoms with Crippen molar-refractivity contribution in [2.24, 2.45) is 11.1 Å². The molecule has 0 aromatic heterocycles. The Balaban J connectivity index is 2.08. The first-order valence-corrected chi connectivity index (χ1v) is 10.2. The number of hydrogen-bond donors (Lipinski definition) is 2. The van der Waals surface area contributed by atoms with Crippen LogP contribution in [-0.2, 0) is 21.1 Å². The summed E-state index contributed by atoms with van der Waals surface area (Å²) in [6.07, 6.45) is 0.846. The minimum atomic E-state index is -3.88. The Morgan fingerprint density at radius 1 is 1.15 bits per heavy atom. The molecule has 3 atom stereocenters. The van der Waals surface area contributed by atoms with Crippen LogP contribution in [-0.4, -0.2) is 31.3 Å². The van der Waals surface area contributed by atoms with E-state index < -0.39 is 32.4 Å². The molecule has 1 aliphatic carbocycles. The molecule has 1 aliphatic rings. The summed E-state index contributed by atoms with van der Waals surface area (Å²) >= 11 is 5.83. The Kier molecular flexibility index (Phi) is 4.86. The van der Waals surface area contributed by atoms with Crippen molar-refractivity contribution in [3.8, 4) is 0 Å². The quantitative estimate of drug-likeness (QED) is 0.786. The molecule has 3 rings (SSSR count). The minimum Gasteiger partial charge on any atom is -0.481 e. The van der Waals surface area contributed by atoms with Gasteiger partial charge in [0, 0.05) is 17.5 Å². The van der Waals surface area contributed by atoms with Crippen molar-refractivity contribution in [1.82, 2.24) is 0 Å². The highest BCUT2D eigenvalue weighted by Crippen LogP contribution is 2.63. The predicted octanol–water partition coefficient (Wildman–Crippen LogP) is 2.87. The van der Waals surface area contributed by atoms with Crippen molar-refractivity contribution < 1.29 is 18.3 Å². The number of benzene rings is 2. The Bertz CT molecular complexity index is 925. The Morgan fingerprint density at radius 3 is 2.19 bits per heavy atom. The molecule has 0 heterocycles. The van der Waals surface area contributed by atoms with Gasteiger partial charge in [0.05, 0.1) is 10.1 Å². The summed E-state index contributed by atoms with van der Waals surface area (Å²) in [5.41, 5.74) is 6.03. The molecule has 26 heavy (non-hydrogen) atoms. The van der Waals surface area contributed by atoms with Gasteiger partial charge in [0.2, 0.25) is 0 Å². The van der Waals surface area contributed by atoms with Gasteiger partial charge in [0.25, 0.3) is 0 Å². The number of carboxylic acids is 1. The van der Waals surface area contributed by atoms with Crippen LogP contribution in [0, 0.1) is 5.41 Å². The van der Waals surface area contributed by atoms with E-state index in [9.17, 15) is 18.3 Å². The van der Waals surface area contributed by atoms with E-state index in [0.717, 1.165) is 12.0 Å². The standard InChI is InChI=1S/C19H20ClNO4S/c1-2-12-3-5-13(6-4-12)16-17(19(16,11-21)18(22)23)26(24,25)15-9-7-14(20)8-10-15/h3-10,16-17H,2,11,21H2,1H3,(H,22,23)/t16-,17+,19-/m1/s1. The van der Waals surface area contributed by atoms with Gasteiger partial charge in [-0.15, -0.1) is 0 Å². The summed E-state index contributed by atoms with van der Waals surface area (Å²) in [7, 11) is -3.88. The van der Waals surface area contributed by atoms with Crippen molar-refractivity contribution in [1.29, 1.82) is 0 Å². The smallest absolute Gasteiger partial charge is 0.312 e. The van der Waals surface area contributed by atoms with E-state index in [2.05, 4.69) is 0 Å². The Morgan fingerprint density at radius 2 is 1.73 bits per heavy atom. The van der Waals surface area contributed by atoms with Crippen LogP contribution in [0.3, 0.4) is 0 Å². The maximum absolute atomic E-state index is 13.1. The Labute approximate surface area is 157 Å². The number of nitrogens with two attached hydrogens (primary N) is 1. The summed E-state index contributed by atoms with van der Waals surface area (Å²) in [5, 5.41) is 9.10. The predicted molar refractivity (Wildman–Crippen MR) is 100 cm³/mol. The molecule has 138 valence electrons. The van der Waals surface area contributed by atoms with Gasteiger partial charge in [0.15, 0.2) is 9.84 Å². The number of rotatable bonds is 6. The van der Waals surface area contributed by atoms with E-state index >= 15 is 0 Å². The lowest BCUT2D eigenvalue weighted by molar-refractivity contribution is -0.143. The normalized spacial score (nSPS) is 25.0. The zero-order valence-electron chi connectivity index (χ0n) is 14.2. The first-order valence-electron chi connectivity index (χ1n) is 8.30. The van der Waals surface area contributed by atoms with Crippen LogP contribution in [0.4, 0.5) is 0 Å². The van der Waals surface area contributed by atoms with Crippen LogP contribution in [0.25, 0.3) is 0 Å². The number of sulfone groups is 1. The van der Waals surface area contributed by atoms with Crippen molar-refractivity contribution >= 4 is 27.4 Å². The molecular weight excluding hydrogens is 374 g/mol. The molecule has 0 radical (unpaired) electrons. The lowest BCUT2D eigenvalue weighted by Gasteiger charge is -2.10. The monoisotopic (exact) mass is 393 g/mol. The summed E-state index contributed by atoms with van der Waals surface area (Å²) in [5.74, 6) is -1.87. The van der Waals surface area contributed by atoms with E-state index in [4.69, 9.17) is 17.3 Å². The highest BCUT2D eigenvalue weighted by atomic mass is 35.5. The fourth-order valence-electron chi connectivity index (χ4n) is 3.65. The largest absolute Gasteiger partial charge is 0.481 e. The molecule has 1 fully saturated rings. The molecule has 0 bridgehead atoms. The molecule has 0 saturated heterocycles. The van der Waals surface area contributed by atoms with Crippen molar-refractivity contribution in [3.63, 3.8) is 0 Å². The van der Waals surface area contributed by atoms with Crippen molar-refractivity contribution in [2.45, 2.75) is 29.4 Å². The van der Waals surface area contributed by atoms with E-state index in [1.807, 2.05) is 19.1 Å². The number of hydrogen-bond acceptors (Lipinski definition) is 4. The van der Waals surface area contributed by atoms with Gasteiger partial charge in [-0.3, -0.25) is 4.79 Å². The number of aryl methyl sites for hydroxylation is 1. The first kappa shape index (κ1) is 18.9. The summed E-state index contributed by atoms with van der Waals surface area (Å²) in [6.45, 7) is 1.77.